The normalized spacial score (nSPS) is 11.2. The fourth-order valence-electron chi connectivity index (χ4n) is 3.31. The number of ether oxygens (including phenoxy) is 1. The predicted octanol–water partition coefficient (Wildman–Crippen LogP) is 2.84. The van der Waals surface area contributed by atoms with Crippen molar-refractivity contribution in [2.45, 2.75) is 19.4 Å². The van der Waals surface area contributed by atoms with E-state index in [-0.39, 0.29) is 31.4 Å². The number of aliphatic hydroxyl groups is 1. The van der Waals surface area contributed by atoms with Crippen molar-refractivity contribution in [1.29, 1.82) is 0 Å². The van der Waals surface area contributed by atoms with E-state index in [1.807, 2.05) is 54.7 Å². The van der Waals surface area contributed by atoms with E-state index in [1.165, 1.54) is 0 Å². The van der Waals surface area contributed by atoms with Gasteiger partial charge in [-0.1, -0.05) is 12.1 Å². The van der Waals surface area contributed by atoms with Crippen molar-refractivity contribution in [2.24, 2.45) is 4.99 Å². The first-order valence-electron chi connectivity index (χ1n) is 10.2. The van der Waals surface area contributed by atoms with Crippen molar-refractivity contribution < 1.29 is 19.4 Å². The fraction of sp³-hybridized carbons (Fsp3) is 0.292. The molecule has 1 amide bonds. The molecule has 7 nitrogen and oxygen atoms in total. The molecule has 0 radical (unpaired) electrons. The zero-order valence-electron chi connectivity index (χ0n) is 17.6. The zero-order valence-corrected chi connectivity index (χ0v) is 17.6. The van der Waals surface area contributed by atoms with Crippen LogP contribution >= 0.6 is 0 Å². The van der Waals surface area contributed by atoms with E-state index in [2.05, 4.69) is 14.9 Å². The van der Waals surface area contributed by atoms with Gasteiger partial charge in [0.05, 0.1) is 13.7 Å². The summed E-state index contributed by atoms with van der Waals surface area (Å²) in [5, 5.41) is 12.4. The van der Waals surface area contributed by atoms with E-state index >= 15 is 0 Å². The molecule has 0 aliphatic heterocycles. The Balaban J connectivity index is 1.57. The molecule has 31 heavy (non-hydrogen) atoms. The van der Waals surface area contributed by atoms with Crippen LogP contribution in [0.3, 0.4) is 0 Å². The van der Waals surface area contributed by atoms with Crippen molar-refractivity contribution in [1.82, 2.24) is 9.88 Å². The van der Waals surface area contributed by atoms with Crippen LogP contribution in [0.2, 0.25) is 0 Å². The van der Waals surface area contributed by atoms with E-state index in [1.54, 1.807) is 13.3 Å². The zero-order chi connectivity index (χ0) is 22.1. The monoisotopic (exact) mass is 421 g/mol. The molecule has 162 valence electrons. The molecule has 7 heteroatoms. The predicted molar refractivity (Wildman–Crippen MR) is 121 cm³/mol. The Bertz CT molecular complexity index is 1070. The molecule has 0 saturated carbocycles. The van der Waals surface area contributed by atoms with Gasteiger partial charge in [-0.2, -0.15) is 0 Å². The second-order valence-electron chi connectivity index (χ2n) is 7.13. The summed E-state index contributed by atoms with van der Waals surface area (Å²) >= 11 is 0. The van der Waals surface area contributed by atoms with Crippen LogP contribution in [0.4, 0.5) is 0 Å². The summed E-state index contributed by atoms with van der Waals surface area (Å²) in [6.07, 6.45) is 4.74. The average Bonchev–Trinajstić information content (AvgIpc) is 3.20. The van der Waals surface area contributed by atoms with Gasteiger partial charge in [-0.15, -0.1) is 0 Å². The van der Waals surface area contributed by atoms with E-state index < -0.39 is 0 Å². The summed E-state index contributed by atoms with van der Waals surface area (Å²) in [5.74, 6) is 0.637. The van der Waals surface area contributed by atoms with Gasteiger partial charge in [-0.3, -0.25) is 14.6 Å². The first kappa shape index (κ1) is 22.2. The minimum absolute atomic E-state index is 0.0469. The van der Waals surface area contributed by atoms with E-state index in [0.717, 1.165) is 22.2 Å². The van der Waals surface area contributed by atoms with Crippen LogP contribution in [-0.4, -0.2) is 54.4 Å². The Morgan fingerprint density at radius 1 is 1.19 bits per heavy atom. The standard InChI is InChI=1S/C24H27N3O4/c1-31-21-5-2-4-18(14-21)16-25-17-23(29)20-7-8-22-19(15-20)9-12-27(22)11-3-6-24(30)26-10-13-28/h2,4-5,7-9,12,14-16,28H,3,6,10-11,13,17H2,1H3,(H,26,30). The summed E-state index contributed by atoms with van der Waals surface area (Å²) < 4.78 is 7.26. The highest BCUT2D eigenvalue weighted by molar-refractivity contribution is 6.01. The van der Waals surface area contributed by atoms with Gasteiger partial charge in [0.2, 0.25) is 5.91 Å². The summed E-state index contributed by atoms with van der Waals surface area (Å²) in [6, 6.07) is 15.1. The number of hydrogen-bond acceptors (Lipinski definition) is 5. The number of carbonyl (C=O) groups is 2. The number of aryl methyl sites for hydroxylation is 1. The Morgan fingerprint density at radius 3 is 2.87 bits per heavy atom. The third-order valence-corrected chi connectivity index (χ3v) is 4.90. The maximum Gasteiger partial charge on any atom is 0.220 e. The minimum atomic E-state index is -0.0621. The molecular weight excluding hydrogens is 394 g/mol. The van der Waals surface area contributed by atoms with Crippen LogP contribution < -0.4 is 10.1 Å². The van der Waals surface area contributed by atoms with E-state index in [9.17, 15) is 9.59 Å². The Hall–Kier alpha value is -3.45. The lowest BCUT2D eigenvalue weighted by Crippen LogP contribution is -2.26. The number of hydrogen-bond donors (Lipinski definition) is 2. The van der Waals surface area contributed by atoms with Crippen molar-refractivity contribution in [3.05, 3.63) is 65.9 Å². The summed E-state index contributed by atoms with van der Waals surface area (Å²) in [6.45, 7) is 1.01. The van der Waals surface area contributed by atoms with Crippen LogP contribution in [0.1, 0.15) is 28.8 Å². The number of benzene rings is 2. The summed E-state index contributed by atoms with van der Waals surface area (Å²) in [7, 11) is 1.61. The molecular formula is C24H27N3O4. The maximum absolute atomic E-state index is 12.5. The highest BCUT2D eigenvalue weighted by atomic mass is 16.5. The third-order valence-electron chi connectivity index (χ3n) is 4.90. The number of ketones is 1. The number of aliphatic imine (C=N–C) groups is 1. The topological polar surface area (TPSA) is 92.9 Å². The number of rotatable bonds is 11. The highest BCUT2D eigenvalue weighted by Crippen LogP contribution is 2.19. The number of aromatic nitrogens is 1. The Morgan fingerprint density at radius 2 is 2.06 bits per heavy atom. The van der Waals surface area contributed by atoms with Gasteiger partial charge in [0.1, 0.15) is 12.3 Å². The molecule has 2 N–H and O–H groups in total. The lowest BCUT2D eigenvalue weighted by molar-refractivity contribution is -0.121. The molecule has 2 aromatic carbocycles. The first-order chi connectivity index (χ1) is 15.1. The van der Waals surface area contributed by atoms with Gasteiger partial charge >= 0.3 is 0 Å². The molecule has 0 saturated heterocycles. The first-order valence-corrected chi connectivity index (χ1v) is 10.2. The average molecular weight is 421 g/mol. The molecule has 3 rings (SSSR count). The van der Waals surface area contributed by atoms with Gasteiger partial charge in [0.25, 0.3) is 0 Å². The van der Waals surface area contributed by atoms with Gasteiger partial charge < -0.3 is 19.7 Å². The molecule has 1 aromatic heterocycles. The number of amides is 1. The fourth-order valence-corrected chi connectivity index (χ4v) is 3.31. The number of nitrogens with zero attached hydrogens (tertiary/aromatic N) is 2. The van der Waals surface area contributed by atoms with Crippen molar-refractivity contribution >= 4 is 28.8 Å². The smallest absolute Gasteiger partial charge is 0.220 e. The summed E-state index contributed by atoms with van der Waals surface area (Å²) in [5.41, 5.74) is 2.52. The number of carbonyl (C=O) groups excluding carboxylic acids is 2. The van der Waals surface area contributed by atoms with Crippen LogP contribution in [-0.2, 0) is 11.3 Å². The maximum atomic E-state index is 12.5. The van der Waals surface area contributed by atoms with Gasteiger partial charge in [0.15, 0.2) is 5.78 Å². The number of fused-ring (bicyclic) bond motifs is 1. The summed E-state index contributed by atoms with van der Waals surface area (Å²) in [4.78, 5) is 28.4. The molecule has 0 unspecified atom stereocenters. The van der Waals surface area contributed by atoms with Crippen LogP contribution in [0.5, 0.6) is 5.75 Å². The minimum Gasteiger partial charge on any atom is -0.497 e. The molecule has 0 bridgehead atoms. The molecule has 3 aromatic rings. The molecule has 0 fully saturated rings. The lowest BCUT2D eigenvalue weighted by atomic mass is 10.1. The van der Waals surface area contributed by atoms with Crippen molar-refractivity contribution in [2.75, 3.05) is 26.8 Å². The van der Waals surface area contributed by atoms with Gasteiger partial charge in [-0.25, -0.2) is 0 Å². The third kappa shape index (κ3) is 6.26. The van der Waals surface area contributed by atoms with Gasteiger partial charge in [-0.05, 0) is 48.4 Å². The molecule has 0 aliphatic rings. The number of aliphatic hydroxyl groups excluding tert-OH is 1. The van der Waals surface area contributed by atoms with E-state index in [4.69, 9.17) is 9.84 Å². The highest BCUT2D eigenvalue weighted by Gasteiger charge is 2.09. The van der Waals surface area contributed by atoms with Crippen LogP contribution in [0.15, 0.2) is 59.7 Å². The van der Waals surface area contributed by atoms with Crippen molar-refractivity contribution in [3.63, 3.8) is 0 Å². The Labute approximate surface area is 181 Å². The van der Waals surface area contributed by atoms with Crippen molar-refractivity contribution in [3.8, 4) is 5.75 Å². The quantitative estimate of drug-likeness (QED) is 0.368. The van der Waals surface area contributed by atoms with E-state index in [0.29, 0.717) is 24.9 Å². The molecule has 1 heterocycles. The second kappa shape index (κ2) is 11.1. The lowest BCUT2D eigenvalue weighted by Gasteiger charge is -2.07. The number of Topliss-reactive ketones (excluding diaryl/α,β-unsaturated/α-hetero) is 1. The number of nitrogens with one attached hydrogen (secondary N) is 1. The van der Waals surface area contributed by atoms with Crippen LogP contribution in [0, 0.1) is 0 Å². The number of methoxy groups -OCH3 is 1. The van der Waals surface area contributed by atoms with Crippen LogP contribution in [0.25, 0.3) is 10.9 Å². The van der Waals surface area contributed by atoms with Gasteiger partial charge in [0, 0.05) is 48.4 Å². The SMILES string of the molecule is COc1cccc(C=NCC(=O)c2ccc3c(ccn3CCCC(=O)NCCO)c2)c1. The molecule has 0 aliphatic carbocycles. The second-order valence-corrected chi connectivity index (χ2v) is 7.13. The Kier molecular flexibility index (Phi) is 7.95. The largest absolute Gasteiger partial charge is 0.497 e. The molecule has 0 spiro atoms. The molecule has 0 atom stereocenters.